The molecule has 0 aromatic carbocycles. The Kier molecular flexibility index (Phi) is 5.13. The third-order valence-corrected chi connectivity index (χ3v) is 4.89. The molecule has 0 saturated carbocycles. The van der Waals surface area contributed by atoms with Crippen LogP contribution in [0.5, 0.6) is 0 Å². The molecule has 25 heavy (non-hydrogen) atoms. The first kappa shape index (κ1) is 19.0. The number of rotatable bonds is 5. The van der Waals surface area contributed by atoms with Crippen LogP contribution in [0.1, 0.15) is 47.5 Å². The van der Waals surface area contributed by atoms with Gasteiger partial charge in [-0.2, -0.15) is 5.06 Å². The van der Waals surface area contributed by atoms with E-state index in [4.69, 9.17) is 23.7 Å². The van der Waals surface area contributed by atoms with Gasteiger partial charge in [0.2, 0.25) is 0 Å². The van der Waals surface area contributed by atoms with Gasteiger partial charge in [0.25, 0.3) is 0 Å². The molecule has 1 unspecified atom stereocenters. The lowest BCUT2D eigenvalue weighted by molar-refractivity contribution is -0.235. The van der Waals surface area contributed by atoms with E-state index in [9.17, 15) is 10.0 Å². The molecule has 8 heteroatoms. The molecule has 0 bridgehead atoms. The van der Waals surface area contributed by atoms with E-state index in [0.717, 1.165) is 0 Å². The van der Waals surface area contributed by atoms with Gasteiger partial charge in [-0.1, -0.05) is 0 Å². The lowest BCUT2D eigenvalue weighted by Crippen LogP contribution is -2.48. The van der Waals surface area contributed by atoms with Crippen molar-refractivity contribution in [1.29, 1.82) is 0 Å². The molecule has 0 amide bonds. The van der Waals surface area contributed by atoms with Crippen LogP contribution in [0.4, 0.5) is 0 Å². The zero-order valence-corrected chi connectivity index (χ0v) is 15.6. The van der Waals surface area contributed by atoms with Gasteiger partial charge in [0.05, 0.1) is 25.3 Å². The second kappa shape index (κ2) is 6.75. The predicted octanol–water partition coefficient (Wildman–Crippen LogP) is 1.44. The zero-order chi connectivity index (χ0) is 18.4. The minimum absolute atomic E-state index is 0.211. The maximum Gasteiger partial charge on any atom is 0.305 e. The molecular formula is C17H29NO7. The van der Waals surface area contributed by atoms with Crippen LogP contribution >= 0.6 is 0 Å². The van der Waals surface area contributed by atoms with Crippen LogP contribution in [0.25, 0.3) is 0 Å². The van der Waals surface area contributed by atoms with Crippen LogP contribution in [0, 0.1) is 0 Å². The summed E-state index contributed by atoms with van der Waals surface area (Å²) in [5.41, 5.74) is 0. The Hall–Kier alpha value is -0.770. The van der Waals surface area contributed by atoms with E-state index in [-0.39, 0.29) is 36.7 Å². The summed E-state index contributed by atoms with van der Waals surface area (Å²) >= 11 is 0. The molecule has 3 rings (SSSR count). The number of carbonyl (C=O) groups excluding carboxylic acids is 1. The van der Waals surface area contributed by atoms with Gasteiger partial charge in [0.15, 0.2) is 11.6 Å². The van der Waals surface area contributed by atoms with Gasteiger partial charge in [-0.3, -0.25) is 4.79 Å². The van der Waals surface area contributed by atoms with Gasteiger partial charge >= 0.3 is 5.97 Å². The number of carbonyl (C=O) groups is 1. The Morgan fingerprint density at radius 3 is 2.44 bits per heavy atom. The van der Waals surface area contributed by atoms with Crippen LogP contribution in [0.15, 0.2) is 0 Å². The number of esters is 1. The molecule has 3 aliphatic heterocycles. The summed E-state index contributed by atoms with van der Waals surface area (Å²) in [6.45, 7) is 9.87. The third-order valence-electron chi connectivity index (χ3n) is 4.89. The molecule has 0 aliphatic carbocycles. The van der Waals surface area contributed by atoms with E-state index < -0.39 is 17.6 Å². The smallest absolute Gasteiger partial charge is 0.305 e. The number of hydrogen-bond acceptors (Lipinski definition) is 8. The average Bonchev–Trinajstić information content (AvgIpc) is 3.06. The fraction of sp³-hybridized carbons (Fsp3) is 0.941. The lowest BCUT2D eigenvalue weighted by atomic mass is 10.0. The fourth-order valence-corrected chi connectivity index (χ4v) is 3.96. The van der Waals surface area contributed by atoms with E-state index in [1.165, 1.54) is 5.06 Å². The molecule has 0 aromatic heterocycles. The minimum atomic E-state index is -0.744. The Morgan fingerprint density at radius 1 is 1.16 bits per heavy atom. The SMILES string of the molecule is CCOC(=O)CCC1[C@H]2OC(C)(C)O[C@H]2[C@H]([C@H]2COC(C)(C)O2)N1O. The largest absolute Gasteiger partial charge is 0.466 e. The zero-order valence-electron chi connectivity index (χ0n) is 15.6. The topological polar surface area (TPSA) is 86.7 Å². The molecule has 144 valence electrons. The summed E-state index contributed by atoms with van der Waals surface area (Å²) in [5, 5.41) is 12.0. The molecule has 0 spiro atoms. The summed E-state index contributed by atoms with van der Waals surface area (Å²) in [6.07, 6.45) is -0.398. The molecule has 8 nitrogen and oxygen atoms in total. The molecule has 3 aliphatic rings. The highest BCUT2D eigenvalue weighted by atomic mass is 16.8. The Balaban J connectivity index is 1.74. The first-order valence-corrected chi connectivity index (χ1v) is 8.94. The quantitative estimate of drug-likeness (QED) is 0.738. The normalized spacial score (nSPS) is 39.5. The molecule has 0 radical (unpaired) electrons. The number of ether oxygens (including phenoxy) is 5. The van der Waals surface area contributed by atoms with Crippen molar-refractivity contribution in [3.05, 3.63) is 0 Å². The van der Waals surface area contributed by atoms with Gasteiger partial charge in [-0.05, 0) is 41.0 Å². The molecule has 3 heterocycles. The van der Waals surface area contributed by atoms with Crippen LogP contribution in [0.3, 0.4) is 0 Å². The second-order valence-electron chi connectivity index (χ2n) is 7.71. The highest BCUT2D eigenvalue weighted by Gasteiger charge is 2.61. The van der Waals surface area contributed by atoms with Gasteiger partial charge < -0.3 is 28.9 Å². The van der Waals surface area contributed by atoms with E-state index in [1.807, 2.05) is 27.7 Å². The number of nitrogens with zero attached hydrogens (tertiary/aromatic N) is 1. The van der Waals surface area contributed by atoms with Crippen molar-refractivity contribution in [1.82, 2.24) is 5.06 Å². The highest BCUT2D eigenvalue weighted by molar-refractivity contribution is 5.69. The summed E-state index contributed by atoms with van der Waals surface area (Å²) in [6, 6.07) is -0.783. The van der Waals surface area contributed by atoms with Crippen molar-refractivity contribution in [3.63, 3.8) is 0 Å². The Bertz CT molecular complexity index is 509. The van der Waals surface area contributed by atoms with Crippen molar-refractivity contribution in [3.8, 4) is 0 Å². The second-order valence-corrected chi connectivity index (χ2v) is 7.71. The minimum Gasteiger partial charge on any atom is -0.466 e. The molecule has 3 fully saturated rings. The number of hydrogen-bond donors (Lipinski definition) is 1. The standard InChI is InChI=1S/C17H29NO7/c1-6-21-12(19)8-7-10-14-15(25-17(4,5)24-14)13(18(10)20)11-9-22-16(2,3)23-11/h10-11,13-15,20H,6-9H2,1-5H3/t10?,11-,13+,14-,15+/m1/s1. The van der Waals surface area contributed by atoms with Crippen molar-refractivity contribution >= 4 is 5.97 Å². The van der Waals surface area contributed by atoms with Crippen molar-refractivity contribution in [2.24, 2.45) is 0 Å². The third kappa shape index (κ3) is 3.84. The average molecular weight is 359 g/mol. The number of fused-ring (bicyclic) bond motifs is 1. The Morgan fingerprint density at radius 2 is 1.84 bits per heavy atom. The van der Waals surface area contributed by atoms with Crippen LogP contribution in [-0.2, 0) is 28.5 Å². The summed E-state index contributed by atoms with van der Waals surface area (Å²) in [7, 11) is 0. The highest BCUT2D eigenvalue weighted by Crippen LogP contribution is 2.44. The maximum absolute atomic E-state index is 11.7. The summed E-state index contributed by atoms with van der Waals surface area (Å²) < 4.78 is 28.6. The first-order chi connectivity index (χ1) is 11.6. The van der Waals surface area contributed by atoms with Gasteiger partial charge in [0, 0.05) is 6.42 Å². The van der Waals surface area contributed by atoms with Gasteiger partial charge in [-0.15, -0.1) is 0 Å². The van der Waals surface area contributed by atoms with E-state index >= 15 is 0 Å². The molecular weight excluding hydrogens is 330 g/mol. The monoisotopic (exact) mass is 359 g/mol. The molecule has 0 aromatic rings. The van der Waals surface area contributed by atoms with Crippen LogP contribution in [-0.4, -0.2) is 71.4 Å². The molecule has 1 N–H and O–H groups in total. The fourth-order valence-electron chi connectivity index (χ4n) is 3.96. The van der Waals surface area contributed by atoms with E-state index in [0.29, 0.717) is 19.6 Å². The van der Waals surface area contributed by atoms with Crippen LogP contribution < -0.4 is 0 Å². The Labute approximate surface area is 148 Å². The van der Waals surface area contributed by atoms with Gasteiger partial charge in [0.1, 0.15) is 18.3 Å². The lowest BCUT2D eigenvalue weighted by Gasteiger charge is -2.32. The van der Waals surface area contributed by atoms with Crippen LogP contribution in [0.2, 0.25) is 0 Å². The first-order valence-electron chi connectivity index (χ1n) is 8.94. The summed E-state index contributed by atoms with van der Waals surface area (Å²) in [5.74, 6) is -1.72. The number of hydroxylamine groups is 2. The van der Waals surface area contributed by atoms with E-state index in [1.54, 1.807) is 6.92 Å². The predicted molar refractivity (Wildman–Crippen MR) is 85.8 cm³/mol. The maximum atomic E-state index is 11.7. The summed E-state index contributed by atoms with van der Waals surface area (Å²) in [4.78, 5) is 11.7. The van der Waals surface area contributed by atoms with Gasteiger partial charge in [-0.25, -0.2) is 0 Å². The molecule has 3 saturated heterocycles. The van der Waals surface area contributed by atoms with Crippen molar-refractivity contribution in [2.75, 3.05) is 13.2 Å². The van der Waals surface area contributed by atoms with E-state index in [2.05, 4.69) is 0 Å². The molecule has 5 atom stereocenters. The van der Waals surface area contributed by atoms with Crippen molar-refractivity contribution in [2.45, 2.75) is 89.4 Å². The van der Waals surface area contributed by atoms with Crippen molar-refractivity contribution < 1.29 is 33.7 Å².